The van der Waals surface area contributed by atoms with Crippen LogP contribution >= 0.6 is 0 Å². The Morgan fingerprint density at radius 1 is 1.33 bits per heavy atom. The quantitative estimate of drug-likeness (QED) is 0.698. The number of rotatable bonds is 1. The van der Waals surface area contributed by atoms with Gasteiger partial charge in [-0.15, -0.1) is 0 Å². The van der Waals surface area contributed by atoms with E-state index in [4.69, 9.17) is 5.73 Å². The highest BCUT2D eigenvalue weighted by molar-refractivity contribution is 5.66. The van der Waals surface area contributed by atoms with E-state index in [0.717, 1.165) is 31.9 Å². The van der Waals surface area contributed by atoms with Gasteiger partial charge in [-0.3, -0.25) is 0 Å². The lowest BCUT2D eigenvalue weighted by molar-refractivity contribution is 0.313. The molecular weight excluding hydrogens is 193 g/mol. The second-order valence-electron chi connectivity index (χ2n) is 3.91. The largest absolute Gasteiger partial charge is 0.397 e. The summed E-state index contributed by atoms with van der Waals surface area (Å²) in [5, 5.41) is 0. The van der Waals surface area contributed by atoms with Crippen molar-refractivity contribution in [1.29, 1.82) is 0 Å². The maximum atomic E-state index is 12.8. The third-order valence-corrected chi connectivity index (χ3v) is 2.73. The van der Waals surface area contributed by atoms with Crippen LogP contribution in [0.5, 0.6) is 0 Å². The Hall–Kier alpha value is -1.29. The number of benzene rings is 1. The molecule has 0 amide bonds. The predicted molar refractivity (Wildman–Crippen MR) is 59.4 cm³/mol. The smallest absolute Gasteiger partial charge is 0.126 e. The maximum absolute atomic E-state index is 12.8. The molecule has 1 aromatic rings. The van der Waals surface area contributed by atoms with Gasteiger partial charge < -0.3 is 15.5 Å². The molecule has 1 aliphatic heterocycles. The van der Waals surface area contributed by atoms with Crippen molar-refractivity contribution in [3.8, 4) is 0 Å². The number of likely N-dealkylation sites (N-methyl/N-ethyl adjacent to an activating group) is 1. The summed E-state index contributed by atoms with van der Waals surface area (Å²) < 4.78 is 12.8. The van der Waals surface area contributed by atoms with Crippen LogP contribution in [0, 0.1) is 11.9 Å². The van der Waals surface area contributed by atoms with Crippen LogP contribution in [0.1, 0.15) is 0 Å². The third kappa shape index (κ3) is 2.21. The Morgan fingerprint density at radius 3 is 2.60 bits per heavy atom. The zero-order chi connectivity index (χ0) is 10.8. The van der Waals surface area contributed by atoms with Crippen molar-refractivity contribution in [1.82, 2.24) is 4.90 Å². The highest BCUT2D eigenvalue weighted by Crippen LogP contribution is 2.23. The summed E-state index contributed by atoms with van der Waals surface area (Å²) in [6.45, 7) is 3.85. The zero-order valence-corrected chi connectivity index (χ0v) is 8.83. The molecule has 0 aliphatic carbocycles. The highest BCUT2D eigenvalue weighted by atomic mass is 19.1. The minimum absolute atomic E-state index is 0.328. The normalized spacial score (nSPS) is 18.1. The predicted octanol–water partition coefficient (Wildman–Crippen LogP) is 0.960. The first kappa shape index (κ1) is 10.2. The zero-order valence-electron chi connectivity index (χ0n) is 8.83. The minimum atomic E-state index is -0.328. The SMILES string of the molecule is CN1CCN(c2[c]cc(F)cc2N)CC1. The lowest BCUT2D eigenvalue weighted by atomic mass is 10.2. The van der Waals surface area contributed by atoms with E-state index in [1.165, 1.54) is 12.1 Å². The molecule has 0 atom stereocenters. The summed E-state index contributed by atoms with van der Waals surface area (Å²) in [4.78, 5) is 4.41. The van der Waals surface area contributed by atoms with E-state index in [9.17, 15) is 4.39 Å². The molecule has 0 unspecified atom stereocenters. The van der Waals surface area contributed by atoms with E-state index in [0.29, 0.717) is 5.69 Å². The standard InChI is InChI=1S/C11H15FN3/c1-14-4-6-15(7-5-14)11-3-2-9(12)8-10(11)13/h2,8H,4-7,13H2,1H3. The van der Waals surface area contributed by atoms with Crippen LogP contribution in [0.15, 0.2) is 12.1 Å². The Morgan fingerprint density at radius 2 is 2.00 bits per heavy atom. The van der Waals surface area contributed by atoms with E-state index in [1.807, 2.05) is 0 Å². The van der Waals surface area contributed by atoms with Gasteiger partial charge in [-0.2, -0.15) is 0 Å². The lowest BCUT2D eigenvalue weighted by Crippen LogP contribution is -2.44. The molecule has 2 rings (SSSR count). The summed E-state index contributed by atoms with van der Waals surface area (Å²) in [5.74, 6) is -0.328. The Balaban J connectivity index is 2.15. The summed E-state index contributed by atoms with van der Waals surface area (Å²) in [6.07, 6.45) is 0. The van der Waals surface area contributed by atoms with Crippen molar-refractivity contribution < 1.29 is 4.39 Å². The second kappa shape index (κ2) is 4.06. The summed E-state index contributed by atoms with van der Waals surface area (Å²) in [6, 6.07) is 5.59. The molecule has 1 fully saturated rings. The van der Waals surface area contributed by atoms with Gasteiger partial charge in [0.2, 0.25) is 0 Å². The van der Waals surface area contributed by atoms with Crippen LogP contribution in [0.4, 0.5) is 15.8 Å². The topological polar surface area (TPSA) is 32.5 Å². The van der Waals surface area contributed by atoms with Crippen LogP contribution in [-0.2, 0) is 0 Å². The van der Waals surface area contributed by atoms with E-state index >= 15 is 0 Å². The molecule has 81 valence electrons. The monoisotopic (exact) mass is 208 g/mol. The molecule has 0 spiro atoms. The second-order valence-corrected chi connectivity index (χ2v) is 3.91. The molecule has 1 heterocycles. The molecule has 15 heavy (non-hydrogen) atoms. The molecule has 0 aromatic heterocycles. The average molecular weight is 208 g/mol. The first-order chi connectivity index (χ1) is 7.16. The fourth-order valence-corrected chi connectivity index (χ4v) is 1.78. The summed E-state index contributed by atoms with van der Waals surface area (Å²) >= 11 is 0. The Bertz CT molecular complexity index is 346. The third-order valence-electron chi connectivity index (χ3n) is 2.73. The van der Waals surface area contributed by atoms with Gasteiger partial charge in [0, 0.05) is 32.2 Å². The van der Waals surface area contributed by atoms with Gasteiger partial charge in [0.05, 0.1) is 11.4 Å². The van der Waals surface area contributed by atoms with Gasteiger partial charge in [-0.1, -0.05) is 0 Å². The lowest BCUT2D eigenvalue weighted by Gasteiger charge is -2.34. The fourth-order valence-electron chi connectivity index (χ4n) is 1.78. The van der Waals surface area contributed by atoms with E-state index < -0.39 is 0 Å². The Kier molecular flexibility index (Phi) is 2.77. The van der Waals surface area contributed by atoms with Crippen LogP contribution in [0.2, 0.25) is 0 Å². The number of nitrogens with two attached hydrogens (primary N) is 1. The van der Waals surface area contributed by atoms with Crippen molar-refractivity contribution in [3.63, 3.8) is 0 Å². The van der Waals surface area contributed by atoms with Gasteiger partial charge in [-0.05, 0) is 19.2 Å². The van der Waals surface area contributed by atoms with Crippen molar-refractivity contribution >= 4 is 11.4 Å². The van der Waals surface area contributed by atoms with Crippen LogP contribution < -0.4 is 10.6 Å². The molecule has 0 bridgehead atoms. The molecule has 1 radical (unpaired) electrons. The fraction of sp³-hybridized carbons (Fsp3) is 0.455. The number of nitrogens with zero attached hydrogens (tertiary/aromatic N) is 2. The van der Waals surface area contributed by atoms with Gasteiger partial charge in [0.1, 0.15) is 5.82 Å². The number of hydrogen-bond acceptors (Lipinski definition) is 3. The number of halogens is 1. The number of piperazine rings is 1. The molecule has 0 saturated carbocycles. The van der Waals surface area contributed by atoms with Crippen LogP contribution in [-0.4, -0.2) is 38.1 Å². The molecule has 2 N–H and O–H groups in total. The van der Waals surface area contributed by atoms with Gasteiger partial charge in [0.25, 0.3) is 0 Å². The summed E-state index contributed by atoms with van der Waals surface area (Å²) in [5.41, 5.74) is 7.06. The number of nitrogen functional groups attached to an aromatic ring is 1. The minimum Gasteiger partial charge on any atom is -0.397 e. The van der Waals surface area contributed by atoms with Gasteiger partial charge in [0.15, 0.2) is 0 Å². The van der Waals surface area contributed by atoms with Crippen molar-refractivity contribution in [2.24, 2.45) is 0 Å². The summed E-state index contributed by atoms with van der Waals surface area (Å²) in [7, 11) is 2.09. The Labute approximate surface area is 89.3 Å². The van der Waals surface area contributed by atoms with Gasteiger partial charge >= 0.3 is 0 Å². The van der Waals surface area contributed by atoms with Gasteiger partial charge in [-0.25, -0.2) is 4.39 Å². The maximum Gasteiger partial charge on any atom is 0.126 e. The van der Waals surface area contributed by atoms with Crippen molar-refractivity contribution in [3.05, 3.63) is 24.0 Å². The first-order valence-corrected chi connectivity index (χ1v) is 5.07. The number of anilines is 2. The van der Waals surface area contributed by atoms with E-state index in [-0.39, 0.29) is 5.82 Å². The molecule has 4 heteroatoms. The van der Waals surface area contributed by atoms with Crippen molar-refractivity contribution in [2.75, 3.05) is 43.9 Å². The highest BCUT2D eigenvalue weighted by Gasteiger charge is 2.16. The van der Waals surface area contributed by atoms with Crippen LogP contribution in [0.3, 0.4) is 0 Å². The van der Waals surface area contributed by atoms with E-state index in [1.54, 1.807) is 0 Å². The number of hydrogen-bond donors (Lipinski definition) is 1. The molecule has 1 saturated heterocycles. The van der Waals surface area contributed by atoms with E-state index in [2.05, 4.69) is 22.9 Å². The average Bonchev–Trinajstić information content (AvgIpc) is 2.20. The molecule has 1 aliphatic rings. The van der Waals surface area contributed by atoms with Crippen LogP contribution in [0.25, 0.3) is 0 Å². The molecular formula is C11H15FN3. The van der Waals surface area contributed by atoms with Crippen molar-refractivity contribution in [2.45, 2.75) is 0 Å². The first-order valence-electron chi connectivity index (χ1n) is 5.07. The molecule has 3 nitrogen and oxygen atoms in total. The molecule has 1 aromatic carbocycles.